The molecule has 1 aliphatic heterocycles. The highest BCUT2D eigenvalue weighted by Gasteiger charge is 2.43. The molecule has 0 atom stereocenters. The van der Waals surface area contributed by atoms with Crippen LogP contribution in [-0.4, -0.2) is 62.6 Å². The molecule has 2 aromatic heterocycles. The fraction of sp³-hybridized carbons (Fsp3) is 0.393. The number of pyridine rings is 1. The molecule has 1 amide bonds. The van der Waals surface area contributed by atoms with Crippen LogP contribution in [0.4, 0.5) is 5.82 Å². The van der Waals surface area contributed by atoms with E-state index in [9.17, 15) is 19.5 Å². The number of hydrogen-bond donors (Lipinski definition) is 2. The van der Waals surface area contributed by atoms with Crippen LogP contribution in [0.3, 0.4) is 0 Å². The van der Waals surface area contributed by atoms with Crippen molar-refractivity contribution in [2.45, 2.75) is 45.6 Å². The number of fused-ring (bicyclic) bond motifs is 1. The van der Waals surface area contributed by atoms with E-state index in [1.165, 1.54) is 6.07 Å². The number of aromatic nitrogens is 3. The van der Waals surface area contributed by atoms with Crippen LogP contribution in [0.1, 0.15) is 75.9 Å². The van der Waals surface area contributed by atoms with E-state index in [1.54, 1.807) is 37.5 Å². The number of anilines is 1. The molecule has 9 nitrogen and oxygen atoms in total. The first-order valence-electron chi connectivity index (χ1n) is 12.6. The molecule has 1 aliphatic carbocycles. The third-order valence-electron chi connectivity index (χ3n) is 7.63. The number of benzene rings is 1. The molecule has 0 bridgehead atoms. The summed E-state index contributed by atoms with van der Waals surface area (Å²) in [4.78, 5) is 44.4. The van der Waals surface area contributed by atoms with E-state index >= 15 is 0 Å². The molecule has 0 radical (unpaired) electrons. The quantitative estimate of drug-likeness (QED) is 0.535. The predicted molar refractivity (Wildman–Crippen MR) is 139 cm³/mol. The lowest BCUT2D eigenvalue weighted by molar-refractivity contribution is 0.0517. The first-order valence-corrected chi connectivity index (χ1v) is 12.6. The van der Waals surface area contributed by atoms with Crippen molar-refractivity contribution in [3.05, 3.63) is 65.1 Å². The summed E-state index contributed by atoms with van der Waals surface area (Å²) in [5.74, 6) is -0.518. The van der Waals surface area contributed by atoms with Gasteiger partial charge in [0.15, 0.2) is 5.78 Å². The van der Waals surface area contributed by atoms with E-state index in [0.29, 0.717) is 42.0 Å². The van der Waals surface area contributed by atoms with Gasteiger partial charge in [0.05, 0.1) is 17.3 Å². The van der Waals surface area contributed by atoms with Gasteiger partial charge in [0.1, 0.15) is 11.5 Å². The van der Waals surface area contributed by atoms with Gasteiger partial charge in [-0.3, -0.25) is 14.3 Å². The second kappa shape index (κ2) is 9.46. The fourth-order valence-electron chi connectivity index (χ4n) is 5.64. The van der Waals surface area contributed by atoms with Gasteiger partial charge in [-0.05, 0) is 62.3 Å². The zero-order chi connectivity index (χ0) is 26.3. The summed E-state index contributed by atoms with van der Waals surface area (Å²) < 4.78 is 1.83. The van der Waals surface area contributed by atoms with Crippen LogP contribution in [0.2, 0.25) is 0 Å². The lowest BCUT2D eigenvalue weighted by Gasteiger charge is -2.43. The molecule has 0 saturated carbocycles. The molecular weight excluding hydrogens is 470 g/mol. The number of rotatable bonds is 5. The van der Waals surface area contributed by atoms with Crippen LogP contribution in [0.25, 0.3) is 11.1 Å². The van der Waals surface area contributed by atoms with Crippen LogP contribution in [-0.2, 0) is 6.42 Å². The SMILES string of the molecule is CNc1ncc(-c2cccc(C(=O)O)c2)cc1C(=O)N1CCC2(CC1)CC(=O)c1c(cnn1C(C)C)C2. The van der Waals surface area contributed by atoms with Crippen LogP contribution in [0, 0.1) is 5.41 Å². The van der Waals surface area contributed by atoms with Gasteiger partial charge in [0, 0.05) is 49.9 Å². The number of amides is 1. The molecule has 37 heavy (non-hydrogen) atoms. The second-order valence-electron chi connectivity index (χ2n) is 10.4. The Morgan fingerprint density at radius 3 is 2.51 bits per heavy atom. The highest BCUT2D eigenvalue weighted by atomic mass is 16.4. The normalized spacial score (nSPS) is 16.6. The second-order valence-corrected chi connectivity index (χ2v) is 10.4. The number of piperidine rings is 1. The zero-order valence-electron chi connectivity index (χ0n) is 21.3. The molecule has 3 heterocycles. The Morgan fingerprint density at radius 1 is 1.08 bits per heavy atom. The van der Waals surface area contributed by atoms with Crippen molar-refractivity contribution in [2.24, 2.45) is 5.41 Å². The summed E-state index contributed by atoms with van der Waals surface area (Å²) in [6, 6.07) is 8.49. The van der Waals surface area contributed by atoms with E-state index in [4.69, 9.17) is 0 Å². The van der Waals surface area contributed by atoms with Gasteiger partial charge in [0.25, 0.3) is 5.91 Å². The lowest BCUT2D eigenvalue weighted by Crippen LogP contribution is -2.46. The van der Waals surface area contributed by atoms with Crippen molar-refractivity contribution >= 4 is 23.5 Å². The summed E-state index contributed by atoms with van der Waals surface area (Å²) >= 11 is 0. The van der Waals surface area contributed by atoms with E-state index in [0.717, 1.165) is 30.5 Å². The van der Waals surface area contributed by atoms with Crippen molar-refractivity contribution in [1.29, 1.82) is 0 Å². The number of nitrogens with zero attached hydrogens (tertiary/aromatic N) is 4. The highest BCUT2D eigenvalue weighted by molar-refractivity contribution is 6.00. The van der Waals surface area contributed by atoms with Gasteiger partial charge in [-0.25, -0.2) is 9.78 Å². The Hall–Kier alpha value is -4.01. The van der Waals surface area contributed by atoms with E-state index in [2.05, 4.69) is 15.4 Å². The van der Waals surface area contributed by atoms with Crippen molar-refractivity contribution in [3.63, 3.8) is 0 Å². The van der Waals surface area contributed by atoms with Crippen LogP contribution >= 0.6 is 0 Å². The molecule has 1 saturated heterocycles. The standard InChI is InChI=1S/C28H31N5O4/c1-17(2)33-24-21(16-31-33)13-28(14-23(24)34)7-9-32(10-8-28)26(35)22-12-20(15-30-25(22)29-3)18-5-4-6-19(11-18)27(36)37/h4-6,11-12,15-17H,7-10,13-14H2,1-3H3,(H,29,30)(H,36,37). The van der Waals surface area contributed by atoms with Gasteiger partial charge < -0.3 is 15.3 Å². The van der Waals surface area contributed by atoms with Crippen LogP contribution < -0.4 is 5.32 Å². The van der Waals surface area contributed by atoms with Gasteiger partial charge >= 0.3 is 5.97 Å². The summed E-state index contributed by atoms with van der Waals surface area (Å²) in [5, 5.41) is 16.8. The molecule has 1 fully saturated rings. The molecule has 0 unspecified atom stereocenters. The Morgan fingerprint density at radius 2 is 1.84 bits per heavy atom. The minimum atomic E-state index is -1.01. The van der Waals surface area contributed by atoms with E-state index < -0.39 is 5.97 Å². The number of carbonyl (C=O) groups is 3. The van der Waals surface area contributed by atoms with Crippen molar-refractivity contribution in [3.8, 4) is 11.1 Å². The topological polar surface area (TPSA) is 117 Å². The number of carboxylic acids is 1. The summed E-state index contributed by atoms with van der Waals surface area (Å²) in [5.41, 5.74) is 3.59. The largest absolute Gasteiger partial charge is 0.478 e. The zero-order valence-corrected chi connectivity index (χ0v) is 21.3. The molecular formula is C28H31N5O4. The molecule has 192 valence electrons. The predicted octanol–water partition coefficient (Wildman–Crippen LogP) is 4.32. The fourth-order valence-corrected chi connectivity index (χ4v) is 5.64. The lowest BCUT2D eigenvalue weighted by atomic mass is 9.67. The Bertz CT molecular complexity index is 1380. The number of likely N-dealkylation sites (tertiary alicyclic amines) is 1. The van der Waals surface area contributed by atoms with Gasteiger partial charge in [-0.15, -0.1) is 0 Å². The van der Waals surface area contributed by atoms with Crippen molar-refractivity contribution < 1.29 is 19.5 Å². The number of carboxylic acid groups (broad SMARTS) is 1. The molecule has 1 aromatic carbocycles. The molecule has 2 aliphatic rings. The molecule has 3 aromatic rings. The number of nitrogens with one attached hydrogen (secondary N) is 1. The Labute approximate surface area is 215 Å². The molecule has 5 rings (SSSR count). The van der Waals surface area contributed by atoms with Crippen molar-refractivity contribution in [1.82, 2.24) is 19.7 Å². The Balaban J connectivity index is 1.35. The average molecular weight is 502 g/mol. The molecule has 9 heteroatoms. The summed E-state index contributed by atoms with van der Waals surface area (Å²) in [6.45, 7) is 5.17. The minimum Gasteiger partial charge on any atom is -0.478 e. The van der Waals surface area contributed by atoms with E-state index in [1.807, 2.05) is 29.6 Å². The summed E-state index contributed by atoms with van der Waals surface area (Å²) in [6.07, 6.45) is 6.26. The van der Waals surface area contributed by atoms with Crippen LogP contribution in [0.15, 0.2) is 42.7 Å². The first kappa shape index (κ1) is 24.7. The van der Waals surface area contributed by atoms with Gasteiger partial charge in [-0.2, -0.15) is 5.10 Å². The molecule has 1 spiro atoms. The number of carbonyl (C=O) groups excluding carboxylic acids is 2. The smallest absolute Gasteiger partial charge is 0.335 e. The summed E-state index contributed by atoms with van der Waals surface area (Å²) in [7, 11) is 1.72. The highest BCUT2D eigenvalue weighted by Crippen LogP contribution is 2.44. The van der Waals surface area contributed by atoms with E-state index in [-0.39, 0.29) is 28.7 Å². The minimum absolute atomic E-state index is 0.126. The first-order chi connectivity index (χ1) is 17.7. The number of aromatic carboxylic acids is 1. The van der Waals surface area contributed by atoms with Gasteiger partial charge in [-0.1, -0.05) is 12.1 Å². The maximum atomic E-state index is 13.6. The van der Waals surface area contributed by atoms with Crippen molar-refractivity contribution in [2.75, 3.05) is 25.5 Å². The Kier molecular flexibility index (Phi) is 6.31. The maximum Gasteiger partial charge on any atom is 0.335 e. The molecule has 2 N–H and O–H groups in total. The van der Waals surface area contributed by atoms with Gasteiger partial charge in [0.2, 0.25) is 0 Å². The average Bonchev–Trinajstić information content (AvgIpc) is 3.33. The maximum absolute atomic E-state index is 13.6. The number of ketones is 1. The third-order valence-corrected chi connectivity index (χ3v) is 7.63. The van der Waals surface area contributed by atoms with Crippen LogP contribution in [0.5, 0.6) is 0 Å². The number of hydrogen-bond acceptors (Lipinski definition) is 6. The number of Topliss-reactive ketones (excluding diaryl/α,β-unsaturated/α-hetero) is 1. The third kappa shape index (κ3) is 4.50. The monoisotopic (exact) mass is 501 g/mol.